The van der Waals surface area contributed by atoms with E-state index in [4.69, 9.17) is 4.74 Å². The van der Waals surface area contributed by atoms with Gasteiger partial charge in [-0.3, -0.25) is 29.5 Å². The van der Waals surface area contributed by atoms with Gasteiger partial charge in [0.25, 0.3) is 0 Å². The number of nitrogens with one attached hydrogen (secondary N) is 1. The lowest BCUT2D eigenvalue weighted by Gasteiger charge is -2.34. The number of hydrogen-bond donors (Lipinski definition) is 2. The molecule has 3 aliphatic heterocycles. The molecule has 9 heteroatoms. The third-order valence-corrected chi connectivity index (χ3v) is 10.8. The van der Waals surface area contributed by atoms with Gasteiger partial charge in [0.2, 0.25) is 17.7 Å². The Bertz CT molecular complexity index is 1950. The highest BCUT2D eigenvalue weighted by Gasteiger charge is 2.34. The molecule has 2 N–H and O–H groups in total. The lowest BCUT2D eigenvalue weighted by Crippen LogP contribution is -2.50. The number of fused-ring (bicyclic) bond motifs is 1. The molecule has 2 saturated heterocycles. The normalized spacial score (nSPS) is 18.4. The molecule has 9 nitrogen and oxygen atoms in total. The molecule has 0 aromatic heterocycles. The number of piperazine rings is 1. The van der Waals surface area contributed by atoms with Crippen LogP contribution in [0.4, 0.5) is 0 Å². The highest BCUT2D eigenvalue weighted by atomic mass is 16.5. The van der Waals surface area contributed by atoms with Gasteiger partial charge in [0.05, 0.1) is 6.04 Å². The van der Waals surface area contributed by atoms with E-state index < -0.39 is 0 Å². The first-order chi connectivity index (χ1) is 25.8. The zero-order chi connectivity index (χ0) is 36.7. The summed E-state index contributed by atoms with van der Waals surface area (Å²) in [6, 6.07) is 32.3. The summed E-state index contributed by atoms with van der Waals surface area (Å²) in [5.74, 6) is 0.866. The molecule has 274 valence electrons. The molecule has 4 aromatic rings. The number of rotatable bonds is 12. The molecule has 1 unspecified atom stereocenters. The van der Waals surface area contributed by atoms with Gasteiger partial charge in [-0.1, -0.05) is 79.7 Å². The SMILES string of the molecule is CC/C(=C(\c1ccc(O)cc1)c1ccc(OCCN2CCN(C(=O)CCc3ccc4c(c3)CN(C3CCC(=O)NC3=O)C4)CC2)cc1)c1ccccc1. The van der Waals surface area contributed by atoms with Gasteiger partial charge in [0.1, 0.15) is 18.1 Å². The monoisotopic (exact) mass is 712 g/mol. The Morgan fingerprint density at radius 1 is 0.830 bits per heavy atom. The van der Waals surface area contributed by atoms with E-state index in [1.807, 2.05) is 35.2 Å². The molecule has 0 bridgehead atoms. The van der Waals surface area contributed by atoms with Crippen LogP contribution in [0.3, 0.4) is 0 Å². The lowest BCUT2D eigenvalue weighted by atomic mass is 9.88. The second kappa shape index (κ2) is 16.6. The van der Waals surface area contributed by atoms with Gasteiger partial charge in [-0.15, -0.1) is 0 Å². The highest BCUT2D eigenvalue weighted by molar-refractivity contribution is 6.00. The number of carbonyl (C=O) groups is 3. The molecule has 0 spiro atoms. The molecule has 53 heavy (non-hydrogen) atoms. The van der Waals surface area contributed by atoms with Crippen LogP contribution < -0.4 is 10.1 Å². The van der Waals surface area contributed by atoms with Crippen molar-refractivity contribution >= 4 is 28.9 Å². The minimum absolute atomic E-state index is 0.186. The number of amides is 3. The van der Waals surface area contributed by atoms with Crippen molar-refractivity contribution in [2.24, 2.45) is 0 Å². The summed E-state index contributed by atoms with van der Waals surface area (Å²) < 4.78 is 6.17. The van der Waals surface area contributed by atoms with Gasteiger partial charge in [-0.2, -0.15) is 0 Å². The first-order valence-corrected chi connectivity index (χ1v) is 18.8. The molecule has 4 aromatic carbocycles. The Hall–Kier alpha value is -5.25. The van der Waals surface area contributed by atoms with Crippen LogP contribution in [-0.2, 0) is 33.9 Å². The number of imide groups is 1. The van der Waals surface area contributed by atoms with Crippen molar-refractivity contribution in [1.82, 2.24) is 20.0 Å². The van der Waals surface area contributed by atoms with E-state index in [1.165, 1.54) is 22.3 Å². The molecule has 1 atom stereocenters. The Kier molecular flexibility index (Phi) is 11.3. The van der Waals surface area contributed by atoms with Crippen molar-refractivity contribution < 1.29 is 24.2 Å². The third-order valence-electron chi connectivity index (χ3n) is 10.8. The number of phenolic OH excluding ortho intramolecular Hbond substituents is 1. The number of phenols is 1. The molecular formula is C44H48N4O5. The van der Waals surface area contributed by atoms with Crippen molar-refractivity contribution in [2.45, 2.75) is 58.2 Å². The number of ether oxygens (including phenoxy) is 1. The van der Waals surface area contributed by atoms with Crippen molar-refractivity contribution in [2.75, 3.05) is 39.3 Å². The molecule has 3 heterocycles. The highest BCUT2D eigenvalue weighted by Crippen LogP contribution is 2.36. The van der Waals surface area contributed by atoms with E-state index in [1.54, 1.807) is 12.1 Å². The Morgan fingerprint density at radius 3 is 2.23 bits per heavy atom. The van der Waals surface area contributed by atoms with Gasteiger partial charge in [-0.25, -0.2) is 0 Å². The fourth-order valence-electron chi connectivity index (χ4n) is 7.83. The number of nitrogens with zero attached hydrogens (tertiary/aromatic N) is 3. The van der Waals surface area contributed by atoms with Crippen LogP contribution in [0.2, 0.25) is 0 Å². The van der Waals surface area contributed by atoms with Gasteiger partial charge >= 0.3 is 0 Å². The number of carbonyl (C=O) groups excluding carboxylic acids is 3. The maximum atomic E-state index is 13.1. The summed E-state index contributed by atoms with van der Waals surface area (Å²) in [6.07, 6.45) is 2.97. The number of piperidine rings is 1. The third kappa shape index (κ3) is 8.70. The van der Waals surface area contributed by atoms with Crippen LogP contribution in [0.15, 0.2) is 97.1 Å². The van der Waals surface area contributed by atoms with E-state index in [2.05, 4.69) is 76.6 Å². The molecule has 3 amide bonds. The van der Waals surface area contributed by atoms with Crippen molar-refractivity contribution in [1.29, 1.82) is 0 Å². The van der Waals surface area contributed by atoms with Crippen LogP contribution in [0.5, 0.6) is 11.5 Å². The van der Waals surface area contributed by atoms with Crippen LogP contribution in [0, 0.1) is 0 Å². The quantitative estimate of drug-likeness (QED) is 0.137. The first-order valence-electron chi connectivity index (χ1n) is 18.8. The fourth-order valence-corrected chi connectivity index (χ4v) is 7.83. The number of aryl methyl sites for hydroxylation is 1. The maximum absolute atomic E-state index is 13.1. The van der Waals surface area contributed by atoms with E-state index in [9.17, 15) is 19.5 Å². The van der Waals surface area contributed by atoms with Crippen molar-refractivity contribution in [3.05, 3.63) is 130 Å². The second-order valence-electron chi connectivity index (χ2n) is 14.2. The van der Waals surface area contributed by atoms with Gasteiger partial charge in [0.15, 0.2) is 0 Å². The zero-order valence-corrected chi connectivity index (χ0v) is 30.4. The minimum Gasteiger partial charge on any atom is -0.508 e. The topological polar surface area (TPSA) is 102 Å². The zero-order valence-electron chi connectivity index (χ0n) is 30.4. The maximum Gasteiger partial charge on any atom is 0.243 e. The molecular weight excluding hydrogens is 665 g/mol. The summed E-state index contributed by atoms with van der Waals surface area (Å²) in [4.78, 5) is 43.6. The standard InChI is InChI=1S/C44H48N4O5/c1-2-39(32-6-4-3-5-7-32)43(33-11-15-37(49)16-12-33)34-13-17-38(18-14-34)53-27-26-46-22-24-47(25-23-46)42(51)21-9-31-8-10-35-29-48(30-36(35)28-31)40-19-20-41(50)45-44(40)52/h3-8,10-18,28,40,49H,2,9,19-27,29-30H2,1H3,(H,45,50,52)/b43-39-. The van der Waals surface area contributed by atoms with Gasteiger partial charge < -0.3 is 14.7 Å². The second-order valence-corrected chi connectivity index (χ2v) is 14.2. The average molecular weight is 713 g/mol. The van der Waals surface area contributed by atoms with E-state index >= 15 is 0 Å². The van der Waals surface area contributed by atoms with Crippen molar-refractivity contribution in [3.63, 3.8) is 0 Å². The smallest absolute Gasteiger partial charge is 0.243 e. The van der Waals surface area contributed by atoms with Crippen LogP contribution in [0.1, 0.15) is 66.0 Å². The minimum atomic E-state index is -0.268. The average Bonchev–Trinajstić information content (AvgIpc) is 3.60. The summed E-state index contributed by atoms with van der Waals surface area (Å²) in [6.45, 7) is 8.00. The number of allylic oxidation sites excluding steroid dienone is 1. The largest absolute Gasteiger partial charge is 0.508 e. The molecule has 2 fully saturated rings. The summed E-state index contributed by atoms with van der Waals surface area (Å²) in [5.41, 5.74) is 9.27. The summed E-state index contributed by atoms with van der Waals surface area (Å²) in [7, 11) is 0. The molecule has 0 saturated carbocycles. The van der Waals surface area contributed by atoms with E-state index in [0.717, 1.165) is 54.1 Å². The van der Waals surface area contributed by atoms with Crippen LogP contribution >= 0.6 is 0 Å². The van der Waals surface area contributed by atoms with Crippen molar-refractivity contribution in [3.8, 4) is 11.5 Å². The Balaban J connectivity index is 0.868. The molecule has 3 aliphatic rings. The Morgan fingerprint density at radius 2 is 1.53 bits per heavy atom. The first kappa shape index (κ1) is 36.1. The lowest BCUT2D eigenvalue weighted by molar-refractivity contribution is -0.138. The van der Waals surface area contributed by atoms with E-state index in [0.29, 0.717) is 58.5 Å². The molecule has 0 radical (unpaired) electrons. The molecule has 7 rings (SSSR count). The number of benzene rings is 4. The predicted octanol–water partition coefficient (Wildman–Crippen LogP) is 6.04. The molecule has 0 aliphatic carbocycles. The number of hydrogen-bond acceptors (Lipinski definition) is 7. The summed E-state index contributed by atoms with van der Waals surface area (Å²) >= 11 is 0. The van der Waals surface area contributed by atoms with E-state index in [-0.39, 0.29) is 29.5 Å². The van der Waals surface area contributed by atoms with Gasteiger partial charge in [-0.05, 0) is 88.1 Å². The Labute approximate surface area is 311 Å². The van der Waals surface area contributed by atoms with Crippen LogP contribution in [-0.4, -0.2) is 82.9 Å². The fraction of sp³-hybridized carbons (Fsp3) is 0.341. The van der Waals surface area contributed by atoms with Gasteiger partial charge in [0, 0.05) is 58.7 Å². The predicted molar refractivity (Wildman–Crippen MR) is 206 cm³/mol. The number of aromatic hydroxyl groups is 1. The summed E-state index contributed by atoms with van der Waals surface area (Å²) in [5, 5.41) is 12.4. The van der Waals surface area contributed by atoms with Crippen LogP contribution in [0.25, 0.3) is 11.1 Å².